The third-order valence-electron chi connectivity index (χ3n) is 10.8. The number of hydrogen-bond donors (Lipinski definition) is 0. The van der Waals surface area contributed by atoms with Crippen molar-refractivity contribution in [3.8, 4) is 0 Å². The molecule has 0 bridgehead atoms. The molecule has 0 saturated heterocycles. The van der Waals surface area contributed by atoms with Gasteiger partial charge in [0.1, 0.15) is 0 Å². The Hall–Kier alpha value is -3.36. The summed E-state index contributed by atoms with van der Waals surface area (Å²) in [6.07, 6.45) is 13.0. The van der Waals surface area contributed by atoms with Gasteiger partial charge in [-0.3, -0.25) is 5.04 Å². The first kappa shape index (κ1) is 41.8. The number of hydrogen-bond acceptors (Lipinski definition) is 8. The van der Waals surface area contributed by atoms with E-state index in [1.165, 1.54) is 12.5 Å². The highest BCUT2D eigenvalue weighted by atomic mass is 32.2. The van der Waals surface area contributed by atoms with E-state index in [2.05, 4.69) is 78.1 Å². The number of nitrogens with zero attached hydrogens (tertiary/aromatic N) is 3. The van der Waals surface area contributed by atoms with E-state index >= 15 is 0 Å². The van der Waals surface area contributed by atoms with Gasteiger partial charge in [0.25, 0.3) is 0 Å². The second-order valence-corrected chi connectivity index (χ2v) is 17.5. The third kappa shape index (κ3) is 8.26. The smallest absolute Gasteiger partial charge is 0.560 e. The second-order valence-electron chi connectivity index (χ2n) is 14.9. The van der Waals surface area contributed by atoms with E-state index in [0.717, 1.165) is 79.0 Å². The molecule has 0 atom stereocenters. The van der Waals surface area contributed by atoms with E-state index < -0.39 is 20.9 Å². The van der Waals surface area contributed by atoms with Gasteiger partial charge in [-0.2, -0.15) is 25.9 Å². The maximum Gasteiger partial charge on any atom is 0.560 e. The Balaban J connectivity index is 1.61. The highest BCUT2D eigenvalue weighted by Gasteiger charge is 2.56. The number of sulfonamides is 1. The van der Waals surface area contributed by atoms with Crippen molar-refractivity contribution in [2.24, 2.45) is 0 Å². The lowest BCUT2D eigenvalue weighted by Crippen LogP contribution is -2.38. The van der Waals surface area contributed by atoms with Gasteiger partial charge in [-0.25, -0.2) is 0 Å². The molecule has 8 nitrogen and oxygen atoms in total. The lowest BCUT2D eigenvalue weighted by molar-refractivity contribution is -0.777. The largest absolute Gasteiger partial charge is 0.691 e. The highest BCUT2D eigenvalue weighted by molar-refractivity contribution is 7.94. The first-order chi connectivity index (χ1) is 25.6. The molecule has 2 aliphatic heterocycles. The van der Waals surface area contributed by atoms with Crippen molar-refractivity contribution in [1.29, 1.82) is 0 Å². The summed E-state index contributed by atoms with van der Waals surface area (Å²) in [6.45, 7) is 13.2. The minimum atomic E-state index is -5.69. The molecule has 2 heterocycles. The van der Waals surface area contributed by atoms with Crippen LogP contribution in [0.25, 0.3) is 0 Å². The summed E-state index contributed by atoms with van der Waals surface area (Å²) in [5, 5.41) is 13.6. The van der Waals surface area contributed by atoms with E-state index in [0.29, 0.717) is 40.3 Å². The Morgan fingerprint density at radius 2 is 1.28 bits per heavy atom. The van der Waals surface area contributed by atoms with E-state index in [1.54, 1.807) is 0 Å². The second kappa shape index (κ2) is 17.2. The van der Waals surface area contributed by atoms with Crippen LogP contribution >= 0.6 is 12.0 Å². The summed E-state index contributed by atoms with van der Waals surface area (Å²) in [6, 6.07) is 16.4. The molecule has 5 rings (SSSR count). The average Bonchev–Trinajstić information content (AvgIpc) is 3.69. The minimum Gasteiger partial charge on any atom is -0.691 e. The fraction of sp³-hybridized carbons (Fsp3) is 0.488. The fourth-order valence-corrected chi connectivity index (χ4v) is 9.55. The van der Waals surface area contributed by atoms with Crippen molar-refractivity contribution >= 4 is 39.2 Å². The van der Waals surface area contributed by atoms with Gasteiger partial charge in [0.2, 0.25) is 5.71 Å². The number of fused-ring (bicyclic) bond motifs is 2. The van der Waals surface area contributed by atoms with Gasteiger partial charge < -0.3 is 15.1 Å². The number of para-hydroxylation sites is 2. The number of anilines is 2. The molecule has 0 unspecified atom stereocenters. The maximum absolute atomic E-state index is 14.3. The number of allylic oxidation sites excluding steroid dienone is 8. The van der Waals surface area contributed by atoms with Crippen LogP contribution in [-0.2, 0) is 30.2 Å². The normalized spacial score (nSPS) is 21.9. The van der Waals surface area contributed by atoms with Crippen molar-refractivity contribution in [3.05, 3.63) is 107 Å². The fourth-order valence-electron chi connectivity index (χ4n) is 8.06. The van der Waals surface area contributed by atoms with Crippen LogP contribution in [-0.4, -0.2) is 49.0 Å². The van der Waals surface area contributed by atoms with Gasteiger partial charge in [-0.05, 0) is 74.4 Å². The van der Waals surface area contributed by atoms with E-state index in [1.807, 2.05) is 48.6 Å². The summed E-state index contributed by atoms with van der Waals surface area (Å²) >= 11 is 0.945. The molecule has 13 heteroatoms. The lowest BCUT2D eigenvalue weighted by Gasteiger charge is -2.27. The number of unbranched alkanes of at least 4 members (excludes halogenated alkanes) is 3. The van der Waals surface area contributed by atoms with E-state index in [9.17, 15) is 26.8 Å². The van der Waals surface area contributed by atoms with Gasteiger partial charge in [0.05, 0.1) is 0 Å². The molecule has 2 aromatic carbocycles. The number of rotatable bonds is 15. The Morgan fingerprint density at radius 1 is 0.796 bits per heavy atom. The van der Waals surface area contributed by atoms with Gasteiger partial charge >= 0.3 is 15.5 Å². The maximum atomic E-state index is 14.3. The third-order valence-corrected chi connectivity index (χ3v) is 13.0. The van der Waals surface area contributed by atoms with Crippen LogP contribution in [0.1, 0.15) is 97.6 Å². The van der Waals surface area contributed by atoms with Crippen LogP contribution in [0.2, 0.25) is 0 Å². The van der Waals surface area contributed by atoms with Crippen LogP contribution in [0.15, 0.2) is 95.4 Å². The van der Waals surface area contributed by atoms with Crippen LogP contribution in [0, 0.1) is 0 Å². The Morgan fingerprint density at radius 3 is 1.72 bits per heavy atom. The molecule has 54 heavy (non-hydrogen) atoms. The average molecular weight is 788 g/mol. The van der Waals surface area contributed by atoms with Crippen molar-refractivity contribution < 1.29 is 40.2 Å². The van der Waals surface area contributed by atoms with Gasteiger partial charge in [-0.1, -0.05) is 96.0 Å². The molecule has 294 valence electrons. The van der Waals surface area contributed by atoms with Gasteiger partial charge in [-0.15, -0.1) is 3.98 Å². The molecular weight excluding hydrogens is 736 g/mol. The Bertz CT molecular complexity index is 1950. The zero-order chi connectivity index (χ0) is 39.3. The van der Waals surface area contributed by atoms with Crippen molar-refractivity contribution in [3.63, 3.8) is 0 Å². The Labute approximate surface area is 322 Å². The molecule has 1 fully saturated rings. The molecule has 0 N–H and O–H groups in total. The summed E-state index contributed by atoms with van der Waals surface area (Å²) in [7, 11) is -5.69. The topological polar surface area (TPSA) is 85.2 Å². The zero-order valence-corrected chi connectivity index (χ0v) is 33.7. The van der Waals surface area contributed by atoms with E-state index in [-0.39, 0.29) is 17.7 Å². The van der Waals surface area contributed by atoms with Crippen LogP contribution < -0.4 is 15.1 Å². The number of halogens is 3. The van der Waals surface area contributed by atoms with E-state index in [4.69, 9.17) is 0 Å². The van der Waals surface area contributed by atoms with Crippen molar-refractivity contribution in [1.82, 2.24) is 0 Å². The van der Waals surface area contributed by atoms with Crippen molar-refractivity contribution in [2.75, 3.05) is 35.2 Å². The lowest BCUT2D eigenvalue weighted by atomic mass is 9.83. The summed E-state index contributed by atoms with van der Waals surface area (Å²) in [4.78, 5) is 4.52. The number of alkyl halides is 3. The summed E-state index contributed by atoms with van der Waals surface area (Å²) in [5.41, 5.74) is 1.35. The highest BCUT2D eigenvalue weighted by Crippen LogP contribution is 2.49. The molecule has 1 aliphatic carbocycles. The summed E-state index contributed by atoms with van der Waals surface area (Å²) in [5.74, 6) is 0.564. The van der Waals surface area contributed by atoms with Crippen molar-refractivity contribution in [2.45, 2.75) is 103 Å². The molecule has 0 amide bonds. The van der Waals surface area contributed by atoms with Crippen LogP contribution in [0.3, 0.4) is 0 Å². The zero-order valence-electron chi connectivity index (χ0n) is 32.0. The molecule has 1 saturated carbocycles. The summed E-state index contributed by atoms with van der Waals surface area (Å²) < 4.78 is 74.1. The molecule has 0 aromatic heterocycles. The predicted molar refractivity (Wildman–Crippen MR) is 209 cm³/mol. The first-order valence-corrected chi connectivity index (χ1v) is 21.1. The molecule has 3 aliphatic rings. The standard InChI is InChI=1S/C41H52F3N3O5S2/c1-7-9-14-27-45-34-19-12-10-17-32(34)39(3,4)36(45)25-23-30-21-22-31(38(30)47(8-2)54(49,50)41(42,43)44)24-26-37-40(5,6)33-18-11-13-20-35(33)46(37)28-15-16-29-53-52-51-48/h10-13,17-20,23-26H,7-9,14-16,21-22,27-29H2,1-6H3. The SMILES string of the molecule is CCCCCN1/C(=C/C=C2\CCC(=C/C=C3/N(CCCCSOO[O-])c4ccccc4C3(C)C)\C2=[N+](/CC)S(=O)(=O)C(F)(F)F)C(C)(C)c2ccccc21. The predicted octanol–water partition coefficient (Wildman–Crippen LogP) is 9.16. The number of benzene rings is 2. The monoisotopic (exact) mass is 787 g/mol. The minimum absolute atomic E-state index is 0.0897. The van der Waals surface area contributed by atoms with Crippen LogP contribution in [0.5, 0.6) is 0 Å². The molecular formula is C41H52F3N3O5S2. The molecule has 0 spiro atoms. The van der Waals surface area contributed by atoms with Crippen LogP contribution in [0.4, 0.5) is 24.5 Å². The van der Waals surface area contributed by atoms with Gasteiger partial charge in [0, 0.05) is 75.6 Å². The first-order valence-electron chi connectivity index (χ1n) is 18.7. The molecule has 2 aromatic rings. The molecule has 0 radical (unpaired) electrons. The van der Waals surface area contributed by atoms with Gasteiger partial charge in [0.15, 0.2) is 6.54 Å². The quantitative estimate of drug-likeness (QED) is 0.0581. The Kier molecular flexibility index (Phi) is 13.3.